The molecule has 0 amide bonds. The number of carbonyl (C=O) groups excluding carboxylic acids is 1. The van der Waals surface area contributed by atoms with Crippen molar-refractivity contribution in [2.75, 3.05) is 39.5 Å². The van der Waals surface area contributed by atoms with Gasteiger partial charge in [-0.1, -0.05) is 20.3 Å². The number of aliphatic carboxylic acids is 1. The number of ether oxygens (including phenoxy) is 2. The van der Waals surface area contributed by atoms with E-state index in [-0.39, 0.29) is 11.5 Å². The van der Waals surface area contributed by atoms with Gasteiger partial charge in [0.15, 0.2) is 0 Å². The molecule has 1 rings (SSSR count). The lowest BCUT2D eigenvalue weighted by atomic mass is 10.1. The number of carboxylic acids is 1. The van der Waals surface area contributed by atoms with E-state index in [0.29, 0.717) is 32.8 Å². The van der Waals surface area contributed by atoms with Gasteiger partial charge < -0.3 is 14.6 Å². The minimum Gasteiger partial charge on any atom is -0.478 e. The van der Waals surface area contributed by atoms with E-state index >= 15 is 0 Å². The Morgan fingerprint density at radius 2 is 2.05 bits per heavy atom. The normalized spacial score (nSPS) is 18.3. The molecule has 0 radical (unpaired) electrons. The molecule has 1 saturated heterocycles. The summed E-state index contributed by atoms with van der Waals surface area (Å²) >= 11 is 0. The van der Waals surface area contributed by atoms with E-state index in [2.05, 4.69) is 4.90 Å². The number of morpholine rings is 1. The first-order valence-electron chi connectivity index (χ1n) is 7.43. The van der Waals surface area contributed by atoms with E-state index in [0.717, 1.165) is 25.6 Å². The van der Waals surface area contributed by atoms with Gasteiger partial charge in [0.1, 0.15) is 0 Å². The van der Waals surface area contributed by atoms with Gasteiger partial charge in [0.2, 0.25) is 0 Å². The fourth-order valence-electron chi connectivity index (χ4n) is 1.91. The Hall–Kier alpha value is -1.40. The fraction of sp³-hybridized carbons (Fsp3) is 0.733. The lowest BCUT2D eigenvalue weighted by molar-refractivity contribution is -0.141. The van der Waals surface area contributed by atoms with Crippen LogP contribution in [0.15, 0.2) is 11.6 Å². The molecule has 0 aromatic carbocycles. The molecule has 0 saturated carbocycles. The summed E-state index contributed by atoms with van der Waals surface area (Å²) in [5.41, 5.74) is 0.220. The number of hydrogen-bond donors (Lipinski definition) is 1. The maximum absolute atomic E-state index is 12.0. The minimum absolute atomic E-state index is 0.220. The van der Waals surface area contributed by atoms with E-state index in [9.17, 15) is 9.59 Å². The van der Waals surface area contributed by atoms with Crippen molar-refractivity contribution in [2.24, 2.45) is 5.92 Å². The van der Waals surface area contributed by atoms with Gasteiger partial charge in [-0.2, -0.15) is 0 Å². The minimum atomic E-state index is -1.12. The van der Waals surface area contributed by atoms with Crippen LogP contribution in [0.25, 0.3) is 0 Å². The van der Waals surface area contributed by atoms with Gasteiger partial charge in [0, 0.05) is 31.3 Å². The second-order valence-electron chi connectivity index (χ2n) is 5.32. The Morgan fingerprint density at radius 1 is 1.38 bits per heavy atom. The molecule has 6 heteroatoms. The lowest BCUT2D eigenvalue weighted by Gasteiger charge is -2.26. The van der Waals surface area contributed by atoms with Crippen molar-refractivity contribution in [1.29, 1.82) is 0 Å². The molecular weight excluding hydrogens is 274 g/mol. The van der Waals surface area contributed by atoms with Crippen molar-refractivity contribution >= 4 is 11.9 Å². The summed E-state index contributed by atoms with van der Waals surface area (Å²) in [7, 11) is 0. The van der Waals surface area contributed by atoms with Crippen LogP contribution in [0.3, 0.4) is 0 Å². The lowest BCUT2D eigenvalue weighted by Crippen LogP contribution is -2.37. The summed E-state index contributed by atoms with van der Waals surface area (Å²) in [6, 6.07) is 0. The highest BCUT2D eigenvalue weighted by Crippen LogP contribution is 2.10. The van der Waals surface area contributed by atoms with E-state index < -0.39 is 11.9 Å². The van der Waals surface area contributed by atoms with E-state index in [1.807, 2.05) is 13.8 Å². The van der Waals surface area contributed by atoms with E-state index in [4.69, 9.17) is 14.6 Å². The van der Waals surface area contributed by atoms with E-state index in [1.165, 1.54) is 0 Å². The Balaban J connectivity index is 2.50. The van der Waals surface area contributed by atoms with Crippen LogP contribution in [-0.2, 0) is 19.1 Å². The third-order valence-electron chi connectivity index (χ3n) is 3.56. The van der Waals surface area contributed by atoms with Gasteiger partial charge in [0.05, 0.1) is 19.8 Å². The fourth-order valence-corrected chi connectivity index (χ4v) is 1.91. The zero-order valence-electron chi connectivity index (χ0n) is 12.8. The Morgan fingerprint density at radius 3 is 2.62 bits per heavy atom. The summed E-state index contributed by atoms with van der Waals surface area (Å²) in [6.07, 6.45) is 2.25. The van der Waals surface area contributed by atoms with Gasteiger partial charge in [0.25, 0.3) is 0 Å². The zero-order chi connectivity index (χ0) is 15.7. The second-order valence-corrected chi connectivity index (χ2v) is 5.32. The SMILES string of the molecule is CCC(C)COC(=O)/C(=C/C(=O)O)CCN1CCOCC1. The molecule has 0 bridgehead atoms. The van der Waals surface area contributed by atoms with Crippen LogP contribution >= 0.6 is 0 Å². The summed E-state index contributed by atoms with van der Waals surface area (Å²) in [5, 5.41) is 8.88. The molecule has 1 aliphatic heterocycles. The average Bonchev–Trinajstić information content (AvgIpc) is 2.49. The molecule has 1 heterocycles. The Bertz CT molecular complexity index is 374. The first-order chi connectivity index (χ1) is 10.0. The molecule has 21 heavy (non-hydrogen) atoms. The highest BCUT2D eigenvalue weighted by molar-refractivity contribution is 5.95. The van der Waals surface area contributed by atoms with Crippen LogP contribution in [-0.4, -0.2) is 61.4 Å². The smallest absolute Gasteiger partial charge is 0.334 e. The van der Waals surface area contributed by atoms with Crippen molar-refractivity contribution in [1.82, 2.24) is 4.90 Å². The van der Waals surface area contributed by atoms with Crippen LogP contribution in [0.1, 0.15) is 26.7 Å². The van der Waals surface area contributed by atoms with Gasteiger partial charge in [-0.3, -0.25) is 4.90 Å². The summed E-state index contributed by atoms with van der Waals surface area (Å²) < 4.78 is 10.4. The molecule has 1 N–H and O–H groups in total. The predicted octanol–water partition coefficient (Wildman–Crippen LogP) is 1.31. The number of carbonyl (C=O) groups is 2. The summed E-state index contributed by atoms with van der Waals surface area (Å²) in [5.74, 6) is -1.36. The molecule has 1 unspecified atom stereocenters. The summed E-state index contributed by atoms with van der Waals surface area (Å²) in [4.78, 5) is 25.0. The standard InChI is InChI=1S/C15H25NO5/c1-3-12(2)11-21-15(19)13(10-14(17)18)4-5-16-6-8-20-9-7-16/h10,12H,3-9,11H2,1-2H3,(H,17,18)/b13-10+. The number of nitrogens with zero attached hydrogens (tertiary/aromatic N) is 1. The average molecular weight is 299 g/mol. The van der Waals surface area contributed by atoms with Crippen LogP contribution in [0.5, 0.6) is 0 Å². The van der Waals surface area contributed by atoms with Gasteiger partial charge in [-0.05, 0) is 12.3 Å². The van der Waals surface area contributed by atoms with Crippen molar-refractivity contribution in [3.05, 3.63) is 11.6 Å². The number of rotatable bonds is 8. The quantitative estimate of drug-likeness (QED) is 0.538. The van der Waals surface area contributed by atoms with Crippen molar-refractivity contribution in [3.8, 4) is 0 Å². The van der Waals surface area contributed by atoms with Crippen LogP contribution < -0.4 is 0 Å². The molecular formula is C15H25NO5. The summed E-state index contributed by atoms with van der Waals surface area (Å²) in [6.45, 7) is 7.94. The predicted molar refractivity (Wildman–Crippen MR) is 78.0 cm³/mol. The number of carboxylic acid groups (broad SMARTS) is 1. The molecule has 6 nitrogen and oxygen atoms in total. The molecule has 1 atom stereocenters. The third-order valence-corrected chi connectivity index (χ3v) is 3.56. The molecule has 1 fully saturated rings. The zero-order valence-corrected chi connectivity index (χ0v) is 12.8. The van der Waals surface area contributed by atoms with E-state index in [1.54, 1.807) is 0 Å². The van der Waals surface area contributed by atoms with Gasteiger partial charge >= 0.3 is 11.9 Å². The van der Waals surface area contributed by atoms with Gasteiger partial charge in [-0.25, -0.2) is 9.59 Å². The van der Waals surface area contributed by atoms with Crippen LogP contribution in [0.2, 0.25) is 0 Å². The van der Waals surface area contributed by atoms with Crippen molar-refractivity contribution in [3.63, 3.8) is 0 Å². The first kappa shape index (κ1) is 17.7. The first-order valence-corrected chi connectivity index (χ1v) is 7.43. The van der Waals surface area contributed by atoms with Crippen molar-refractivity contribution < 1.29 is 24.2 Å². The van der Waals surface area contributed by atoms with Gasteiger partial charge in [-0.15, -0.1) is 0 Å². The maximum atomic E-state index is 12.0. The Kier molecular flexibility index (Phi) is 8.00. The monoisotopic (exact) mass is 299 g/mol. The third kappa shape index (κ3) is 7.24. The Labute approximate surface area is 125 Å². The molecule has 0 aromatic rings. The highest BCUT2D eigenvalue weighted by atomic mass is 16.5. The number of esters is 1. The molecule has 120 valence electrons. The highest BCUT2D eigenvalue weighted by Gasteiger charge is 2.17. The van der Waals surface area contributed by atoms with Crippen LogP contribution in [0, 0.1) is 5.92 Å². The number of hydrogen-bond acceptors (Lipinski definition) is 5. The van der Waals surface area contributed by atoms with Crippen LogP contribution in [0.4, 0.5) is 0 Å². The largest absolute Gasteiger partial charge is 0.478 e. The molecule has 0 spiro atoms. The maximum Gasteiger partial charge on any atom is 0.334 e. The second kappa shape index (κ2) is 9.52. The molecule has 1 aliphatic rings. The van der Waals surface area contributed by atoms with Crippen molar-refractivity contribution in [2.45, 2.75) is 26.7 Å². The molecule has 0 aromatic heterocycles. The molecule has 0 aliphatic carbocycles. The topological polar surface area (TPSA) is 76.1 Å².